The van der Waals surface area contributed by atoms with Crippen LogP contribution in [0.2, 0.25) is 0 Å². The van der Waals surface area contributed by atoms with Crippen molar-refractivity contribution >= 4 is 17.5 Å². The van der Waals surface area contributed by atoms with Gasteiger partial charge in [0, 0.05) is 22.6 Å². The molecular weight excluding hydrogens is 284 g/mol. The van der Waals surface area contributed by atoms with E-state index >= 15 is 0 Å². The van der Waals surface area contributed by atoms with Crippen molar-refractivity contribution in [1.82, 2.24) is 0 Å². The van der Waals surface area contributed by atoms with E-state index in [1.807, 2.05) is 42.5 Å². The van der Waals surface area contributed by atoms with E-state index in [1.54, 1.807) is 11.8 Å². The fourth-order valence-corrected chi connectivity index (χ4v) is 3.66. The second-order valence-electron chi connectivity index (χ2n) is 5.15. The van der Waals surface area contributed by atoms with E-state index in [0.717, 1.165) is 28.4 Å². The van der Waals surface area contributed by atoms with Gasteiger partial charge in [-0.3, -0.25) is 4.79 Å². The molecule has 0 bridgehead atoms. The van der Waals surface area contributed by atoms with Gasteiger partial charge in [-0.1, -0.05) is 12.1 Å². The molecule has 0 aliphatic carbocycles. The van der Waals surface area contributed by atoms with Gasteiger partial charge in [-0.15, -0.1) is 11.8 Å². The lowest BCUT2D eigenvalue weighted by molar-refractivity contribution is 0.0815. The molecule has 1 atom stereocenters. The van der Waals surface area contributed by atoms with Crippen molar-refractivity contribution in [3.05, 3.63) is 53.6 Å². The molecule has 106 valence electrons. The number of carbonyl (C=O) groups excluding carboxylic acids is 1. The minimum absolute atomic E-state index is 0.0479. The maximum absolute atomic E-state index is 12.6. The van der Waals surface area contributed by atoms with Gasteiger partial charge in [-0.25, -0.2) is 0 Å². The number of hydrogen-bond donors (Lipinski definition) is 0. The van der Waals surface area contributed by atoms with Gasteiger partial charge in [0.25, 0.3) is 0 Å². The van der Waals surface area contributed by atoms with Crippen LogP contribution >= 0.6 is 11.8 Å². The second-order valence-corrected chi connectivity index (χ2v) is 6.21. The lowest BCUT2D eigenvalue weighted by Crippen LogP contribution is -2.32. The molecule has 0 spiro atoms. The molecule has 0 fully saturated rings. The lowest BCUT2D eigenvalue weighted by atomic mass is 10.0. The molecule has 1 unspecified atom stereocenters. The minimum atomic E-state index is -0.412. The maximum Gasteiger partial charge on any atom is 0.204 e. The van der Waals surface area contributed by atoms with Crippen LogP contribution < -0.4 is 9.47 Å². The van der Waals surface area contributed by atoms with Crippen LogP contribution in [0.5, 0.6) is 11.5 Å². The normalized spacial score (nSPS) is 19.1. The van der Waals surface area contributed by atoms with Crippen molar-refractivity contribution in [2.45, 2.75) is 17.4 Å². The summed E-state index contributed by atoms with van der Waals surface area (Å²) in [6.07, 6.45) is 0.463. The van der Waals surface area contributed by atoms with E-state index in [9.17, 15) is 4.79 Å². The standard InChI is InChI=1S/C17H14O3S/c18-17(12-5-6-13-11(9-12)7-8-19-13)15-10-21-16-4-2-1-3-14(16)20-15/h1-6,9,15H,7-8,10H2. The SMILES string of the molecule is O=C(c1ccc2c(c1)CCO2)C1CSc2ccccc2O1. The van der Waals surface area contributed by atoms with Crippen LogP contribution in [0.1, 0.15) is 15.9 Å². The highest BCUT2D eigenvalue weighted by Gasteiger charge is 2.28. The molecule has 2 aromatic rings. The molecular formula is C17H14O3S. The molecule has 2 aromatic carbocycles. The number of ketones is 1. The second kappa shape index (κ2) is 5.11. The quantitative estimate of drug-likeness (QED) is 0.797. The molecule has 2 heterocycles. The fraction of sp³-hybridized carbons (Fsp3) is 0.235. The number of hydrogen-bond acceptors (Lipinski definition) is 4. The molecule has 21 heavy (non-hydrogen) atoms. The summed E-state index contributed by atoms with van der Waals surface area (Å²) in [5, 5.41) is 0. The summed E-state index contributed by atoms with van der Waals surface area (Å²) in [6, 6.07) is 13.5. The lowest BCUT2D eigenvalue weighted by Gasteiger charge is -2.24. The third-order valence-electron chi connectivity index (χ3n) is 3.78. The van der Waals surface area contributed by atoms with Crippen LogP contribution in [0.3, 0.4) is 0 Å². The zero-order valence-corrected chi connectivity index (χ0v) is 12.2. The molecule has 2 aliphatic rings. The highest BCUT2D eigenvalue weighted by atomic mass is 32.2. The highest BCUT2D eigenvalue weighted by Crippen LogP contribution is 2.36. The molecule has 0 N–H and O–H groups in total. The fourth-order valence-electron chi connectivity index (χ4n) is 2.67. The number of carbonyl (C=O) groups is 1. The van der Waals surface area contributed by atoms with Gasteiger partial charge in [0.15, 0.2) is 6.10 Å². The number of ether oxygens (including phenoxy) is 2. The van der Waals surface area contributed by atoms with E-state index < -0.39 is 6.10 Å². The number of benzene rings is 2. The minimum Gasteiger partial charge on any atom is -0.493 e. The summed E-state index contributed by atoms with van der Waals surface area (Å²) < 4.78 is 11.3. The molecule has 4 rings (SSSR count). The van der Waals surface area contributed by atoms with Crippen LogP contribution in [-0.4, -0.2) is 24.2 Å². The van der Waals surface area contributed by atoms with Crippen molar-refractivity contribution in [2.75, 3.05) is 12.4 Å². The molecule has 0 saturated heterocycles. The monoisotopic (exact) mass is 298 g/mol. The summed E-state index contributed by atoms with van der Waals surface area (Å²) in [5.74, 6) is 2.41. The first-order chi connectivity index (χ1) is 10.3. The summed E-state index contributed by atoms with van der Waals surface area (Å²) in [7, 11) is 0. The molecule has 0 saturated carbocycles. The average Bonchev–Trinajstić information content (AvgIpc) is 3.01. The van der Waals surface area contributed by atoms with Crippen molar-refractivity contribution in [3.8, 4) is 11.5 Å². The van der Waals surface area contributed by atoms with Crippen molar-refractivity contribution < 1.29 is 14.3 Å². The Hall–Kier alpha value is -1.94. The van der Waals surface area contributed by atoms with Crippen molar-refractivity contribution in [3.63, 3.8) is 0 Å². The first-order valence-corrected chi connectivity index (χ1v) is 7.98. The Kier molecular flexibility index (Phi) is 3.11. The number of fused-ring (bicyclic) bond motifs is 2. The van der Waals surface area contributed by atoms with Gasteiger partial charge >= 0.3 is 0 Å². The predicted molar refractivity (Wildman–Crippen MR) is 81.6 cm³/mol. The molecule has 0 radical (unpaired) electrons. The summed E-state index contributed by atoms with van der Waals surface area (Å²) >= 11 is 1.67. The Morgan fingerprint density at radius 1 is 1.14 bits per heavy atom. The first kappa shape index (κ1) is 12.8. The first-order valence-electron chi connectivity index (χ1n) is 7.00. The van der Waals surface area contributed by atoms with E-state index in [2.05, 4.69) is 0 Å². The van der Waals surface area contributed by atoms with Crippen molar-refractivity contribution in [2.24, 2.45) is 0 Å². The Balaban J connectivity index is 1.59. The molecule has 0 amide bonds. The average molecular weight is 298 g/mol. The van der Waals surface area contributed by atoms with E-state index in [4.69, 9.17) is 9.47 Å². The summed E-state index contributed by atoms with van der Waals surface area (Å²) in [4.78, 5) is 13.7. The van der Waals surface area contributed by atoms with Gasteiger partial charge in [0.2, 0.25) is 5.78 Å². The number of para-hydroxylation sites is 1. The summed E-state index contributed by atoms with van der Waals surface area (Å²) in [5.41, 5.74) is 1.83. The van der Waals surface area contributed by atoms with E-state index in [-0.39, 0.29) is 5.78 Å². The Morgan fingerprint density at radius 2 is 2.05 bits per heavy atom. The van der Waals surface area contributed by atoms with E-state index in [1.165, 1.54) is 0 Å². The van der Waals surface area contributed by atoms with Gasteiger partial charge in [0.05, 0.1) is 6.61 Å². The predicted octanol–water partition coefficient (Wildman–Crippen LogP) is 3.36. The van der Waals surface area contributed by atoms with Gasteiger partial charge in [-0.05, 0) is 35.9 Å². The third-order valence-corrected chi connectivity index (χ3v) is 4.89. The van der Waals surface area contributed by atoms with Crippen LogP contribution in [-0.2, 0) is 6.42 Å². The highest BCUT2D eigenvalue weighted by molar-refractivity contribution is 7.99. The largest absolute Gasteiger partial charge is 0.493 e. The Bertz CT molecular complexity index is 711. The third kappa shape index (κ3) is 2.29. The smallest absolute Gasteiger partial charge is 0.204 e. The molecule has 2 aliphatic heterocycles. The van der Waals surface area contributed by atoms with Crippen LogP contribution in [0.4, 0.5) is 0 Å². The Labute approximate surface area is 127 Å². The molecule has 4 heteroatoms. The zero-order chi connectivity index (χ0) is 14.2. The Morgan fingerprint density at radius 3 is 3.00 bits per heavy atom. The number of thioether (sulfide) groups is 1. The van der Waals surface area contributed by atoms with E-state index in [0.29, 0.717) is 17.9 Å². The van der Waals surface area contributed by atoms with Crippen LogP contribution in [0.25, 0.3) is 0 Å². The van der Waals surface area contributed by atoms with Gasteiger partial charge < -0.3 is 9.47 Å². The zero-order valence-electron chi connectivity index (χ0n) is 11.4. The van der Waals surface area contributed by atoms with Gasteiger partial charge in [0.1, 0.15) is 11.5 Å². The number of rotatable bonds is 2. The number of Topliss-reactive ketones (excluding diaryl/α,β-unsaturated/α-hetero) is 1. The van der Waals surface area contributed by atoms with Gasteiger partial charge in [-0.2, -0.15) is 0 Å². The maximum atomic E-state index is 12.6. The van der Waals surface area contributed by atoms with Crippen LogP contribution in [0.15, 0.2) is 47.4 Å². The topological polar surface area (TPSA) is 35.5 Å². The van der Waals surface area contributed by atoms with Crippen molar-refractivity contribution in [1.29, 1.82) is 0 Å². The van der Waals surface area contributed by atoms with Crippen LogP contribution in [0, 0.1) is 0 Å². The molecule has 3 nitrogen and oxygen atoms in total. The summed E-state index contributed by atoms with van der Waals surface area (Å²) in [6.45, 7) is 0.704. The molecule has 0 aromatic heterocycles.